The van der Waals surface area contributed by atoms with Crippen molar-refractivity contribution < 1.29 is 9.59 Å². The molecule has 1 heterocycles. The summed E-state index contributed by atoms with van der Waals surface area (Å²) in [5.74, 6) is 0.0516. The summed E-state index contributed by atoms with van der Waals surface area (Å²) in [6.45, 7) is 4.20. The zero-order valence-corrected chi connectivity index (χ0v) is 17.1. The van der Waals surface area contributed by atoms with Crippen LogP contribution in [0.3, 0.4) is 0 Å². The zero-order chi connectivity index (χ0) is 19.2. The van der Waals surface area contributed by atoms with Gasteiger partial charge in [0, 0.05) is 34.5 Å². The predicted octanol–water partition coefficient (Wildman–Crippen LogP) is 5.61. The Hall–Kier alpha value is -2.20. The molecule has 0 radical (unpaired) electrons. The Labute approximate surface area is 168 Å². The van der Waals surface area contributed by atoms with Gasteiger partial charge in [-0.05, 0) is 45.5 Å². The first-order valence-electron chi connectivity index (χ1n) is 9.26. The van der Waals surface area contributed by atoms with Crippen molar-refractivity contribution in [1.82, 2.24) is 0 Å². The molecule has 2 aliphatic rings. The maximum absolute atomic E-state index is 13.3. The minimum atomic E-state index is -0.158. The first-order chi connectivity index (χ1) is 12.9. The second-order valence-electron chi connectivity index (χ2n) is 8.15. The summed E-state index contributed by atoms with van der Waals surface area (Å²) in [6, 6.07) is 17.7. The summed E-state index contributed by atoms with van der Waals surface area (Å²) in [4.78, 5) is 28.2. The van der Waals surface area contributed by atoms with Gasteiger partial charge in [-0.15, -0.1) is 0 Å². The molecule has 2 aromatic rings. The van der Waals surface area contributed by atoms with E-state index in [0.29, 0.717) is 19.3 Å². The van der Waals surface area contributed by atoms with Crippen LogP contribution in [0, 0.1) is 5.41 Å². The number of amides is 1. The van der Waals surface area contributed by atoms with Gasteiger partial charge in [0.25, 0.3) is 0 Å². The second kappa shape index (κ2) is 6.75. The fourth-order valence-corrected chi connectivity index (χ4v) is 4.76. The number of nitrogens with zero attached hydrogens (tertiary/aromatic N) is 1. The summed E-state index contributed by atoms with van der Waals surface area (Å²) in [5.41, 5.74) is 3.38. The molecule has 0 spiro atoms. The Morgan fingerprint density at radius 1 is 0.963 bits per heavy atom. The van der Waals surface area contributed by atoms with Crippen molar-refractivity contribution in [1.29, 1.82) is 0 Å². The molecule has 0 fully saturated rings. The minimum absolute atomic E-state index is 0.0417. The Bertz CT molecular complexity index is 946. The number of halogens is 1. The van der Waals surface area contributed by atoms with E-state index >= 15 is 0 Å². The molecule has 27 heavy (non-hydrogen) atoms. The molecule has 0 saturated carbocycles. The van der Waals surface area contributed by atoms with Crippen molar-refractivity contribution in [3.63, 3.8) is 0 Å². The fraction of sp³-hybridized carbons (Fsp3) is 0.304. The van der Waals surface area contributed by atoms with Crippen molar-refractivity contribution in [2.75, 3.05) is 4.90 Å². The topological polar surface area (TPSA) is 37.4 Å². The van der Waals surface area contributed by atoms with E-state index in [0.717, 1.165) is 27.0 Å². The van der Waals surface area contributed by atoms with E-state index in [4.69, 9.17) is 0 Å². The summed E-state index contributed by atoms with van der Waals surface area (Å²) in [6.07, 6.45) is 1.55. The molecule has 3 nitrogen and oxygen atoms in total. The molecule has 138 valence electrons. The number of para-hydroxylation sites is 1. The highest BCUT2D eigenvalue weighted by Crippen LogP contribution is 2.48. The van der Waals surface area contributed by atoms with Crippen LogP contribution in [0.25, 0.3) is 0 Å². The molecular weight excluding hydrogens is 402 g/mol. The average molecular weight is 424 g/mol. The Morgan fingerprint density at radius 3 is 2.33 bits per heavy atom. The number of allylic oxidation sites excluding steroid dienone is 2. The number of rotatable bonds is 2. The van der Waals surface area contributed by atoms with Crippen molar-refractivity contribution in [3.05, 3.63) is 75.9 Å². The van der Waals surface area contributed by atoms with Crippen LogP contribution in [-0.4, -0.2) is 11.7 Å². The quantitative estimate of drug-likeness (QED) is 0.628. The maximum atomic E-state index is 13.3. The third kappa shape index (κ3) is 3.27. The molecular formula is C23H22BrNO2. The lowest BCUT2D eigenvalue weighted by Crippen LogP contribution is -2.43. The van der Waals surface area contributed by atoms with E-state index in [1.165, 1.54) is 0 Å². The van der Waals surface area contributed by atoms with Gasteiger partial charge in [0.1, 0.15) is 0 Å². The first kappa shape index (κ1) is 18.2. The molecule has 2 aromatic carbocycles. The molecule has 4 heteroatoms. The van der Waals surface area contributed by atoms with E-state index < -0.39 is 0 Å². The Balaban J connectivity index is 1.92. The number of hydrogen-bond acceptors (Lipinski definition) is 2. The van der Waals surface area contributed by atoms with Crippen LogP contribution in [0.4, 0.5) is 5.69 Å². The van der Waals surface area contributed by atoms with E-state index in [1.807, 2.05) is 54.6 Å². The van der Waals surface area contributed by atoms with E-state index in [9.17, 15) is 9.59 Å². The predicted molar refractivity (Wildman–Crippen MR) is 110 cm³/mol. The smallest absolute Gasteiger partial charge is 0.232 e. The van der Waals surface area contributed by atoms with Gasteiger partial charge >= 0.3 is 0 Å². The molecule has 0 bridgehead atoms. The molecule has 1 atom stereocenters. The molecule has 1 amide bonds. The van der Waals surface area contributed by atoms with Gasteiger partial charge in [0.05, 0.1) is 5.69 Å². The van der Waals surface area contributed by atoms with E-state index in [-0.39, 0.29) is 23.0 Å². The lowest BCUT2D eigenvalue weighted by Gasteiger charge is -2.43. The summed E-state index contributed by atoms with van der Waals surface area (Å²) in [7, 11) is 0. The second-order valence-corrected chi connectivity index (χ2v) is 9.00. The van der Waals surface area contributed by atoms with Crippen molar-refractivity contribution in [2.24, 2.45) is 5.41 Å². The van der Waals surface area contributed by atoms with Gasteiger partial charge in [-0.1, -0.05) is 56.3 Å². The number of carbonyl (C=O) groups excluding carboxylic acids is 2. The van der Waals surface area contributed by atoms with Gasteiger partial charge in [-0.25, -0.2) is 0 Å². The zero-order valence-electron chi connectivity index (χ0n) is 15.5. The molecule has 1 unspecified atom stereocenters. The number of hydrogen-bond donors (Lipinski definition) is 0. The monoisotopic (exact) mass is 423 g/mol. The minimum Gasteiger partial charge on any atom is -0.294 e. The molecule has 0 saturated heterocycles. The standard InChI is InChI=1S/C23H22BrNO2/c1-23(2)13-19-22(20(26)14-23)16(15-8-4-3-5-9-15)12-21(27)25(19)18-11-7-6-10-17(18)24/h3-11,16H,12-14H2,1-2H3. The van der Waals surface area contributed by atoms with Gasteiger partial charge in [0.15, 0.2) is 5.78 Å². The number of ketones is 1. The average Bonchev–Trinajstić information content (AvgIpc) is 2.62. The fourth-order valence-electron chi connectivity index (χ4n) is 4.30. The molecule has 4 rings (SSSR count). The Kier molecular flexibility index (Phi) is 4.55. The SMILES string of the molecule is CC1(C)CC(=O)C2=C(C1)N(c1ccccc1Br)C(=O)CC2c1ccccc1. The third-order valence-corrected chi connectivity index (χ3v) is 6.11. The van der Waals surface area contributed by atoms with Crippen molar-refractivity contribution in [3.8, 4) is 0 Å². The van der Waals surface area contributed by atoms with Gasteiger partial charge in [0.2, 0.25) is 5.91 Å². The summed E-state index contributed by atoms with van der Waals surface area (Å²) >= 11 is 3.58. The summed E-state index contributed by atoms with van der Waals surface area (Å²) in [5, 5.41) is 0. The van der Waals surface area contributed by atoms with E-state index in [1.54, 1.807) is 4.90 Å². The highest BCUT2D eigenvalue weighted by atomic mass is 79.9. The number of Topliss-reactive ketones (excluding diaryl/α,β-unsaturated/α-hetero) is 1. The van der Waals surface area contributed by atoms with Crippen LogP contribution >= 0.6 is 15.9 Å². The Morgan fingerprint density at radius 2 is 1.63 bits per heavy atom. The van der Waals surface area contributed by atoms with Crippen molar-refractivity contribution in [2.45, 2.75) is 39.0 Å². The number of anilines is 1. The lowest BCUT2D eigenvalue weighted by atomic mass is 9.69. The largest absolute Gasteiger partial charge is 0.294 e. The molecule has 1 aliphatic heterocycles. The van der Waals surface area contributed by atoms with Gasteiger partial charge in [-0.3, -0.25) is 14.5 Å². The summed E-state index contributed by atoms with van der Waals surface area (Å²) < 4.78 is 0.860. The lowest BCUT2D eigenvalue weighted by molar-refractivity contribution is -0.121. The molecule has 0 N–H and O–H groups in total. The van der Waals surface area contributed by atoms with Crippen LogP contribution in [0.2, 0.25) is 0 Å². The van der Waals surface area contributed by atoms with Crippen LogP contribution < -0.4 is 4.90 Å². The van der Waals surface area contributed by atoms with E-state index in [2.05, 4.69) is 29.8 Å². The van der Waals surface area contributed by atoms with Gasteiger partial charge in [-0.2, -0.15) is 0 Å². The number of carbonyl (C=O) groups is 2. The normalized spacial score (nSPS) is 22.0. The third-order valence-electron chi connectivity index (χ3n) is 5.44. The first-order valence-corrected chi connectivity index (χ1v) is 10.1. The van der Waals surface area contributed by atoms with Crippen LogP contribution in [0.1, 0.15) is 44.6 Å². The number of benzene rings is 2. The van der Waals surface area contributed by atoms with Crippen LogP contribution in [0.5, 0.6) is 0 Å². The highest BCUT2D eigenvalue weighted by Gasteiger charge is 2.44. The molecule has 0 aromatic heterocycles. The van der Waals surface area contributed by atoms with Crippen LogP contribution in [0.15, 0.2) is 70.3 Å². The van der Waals surface area contributed by atoms with Gasteiger partial charge < -0.3 is 0 Å². The highest BCUT2D eigenvalue weighted by molar-refractivity contribution is 9.10. The maximum Gasteiger partial charge on any atom is 0.232 e. The molecule has 1 aliphatic carbocycles. The van der Waals surface area contributed by atoms with Crippen molar-refractivity contribution >= 4 is 33.3 Å². The van der Waals surface area contributed by atoms with Crippen LogP contribution in [-0.2, 0) is 9.59 Å².